The number of rotatable bonds is 8. The van der Waals surface area contributed by atoms with E-state index in [9.17, 15) is 4.79 Å². The van der Waals surface area contributed by atoms with Crippen molar-refractivity contribution >= 4 is 0 Å². The van der Waals surface area contributed by atoms with Crippen LogP contribution in [0.25, 0.3) is 11.3 Å². The zero-order valence-corrected chi connectivity index (χ0v) is 13.0. The quantitative estimate of drug-likeness (QED) is 0.734. The molecule has 1 aromatic carbocycles. The van der Waals surface area contributed by atoms with E-state index in [0.29, 0.717) is 25.3 Å². The Morgan fingerprint density at radius 2 is 1.91 bits per heavy atom. The van der Waals surface area contributed by atoms with E-state index in [1.165, 1.54) is 0 Å². The van der Waals surface area contributed by atoms with E-state index >= 15 is 0 Å². The van der Waals surface area contributed by atoms with Gasteiger partial charge in [-0.25, -0.2) is 0 Å². The van der Waals surface area contributed by atoms with Gasteiger partial charge in [-0.05, 0) is 42.8 Å². The standard InChI is InChI=1S/C17H22N2O3/c1-3-22-15-7-4-13(5-8-15)16-9-6-14(17(20)19-16)12-18-10-11-21-2/h4-9,18H,3,10-12H2,1-2H3,(H,19,20). The highest BCUT2D eigenvalue weighted by Gasteiger charge is 2.03. The van der Waals surface area contributed by atoms with Crippen molar-refractivity contribution in [1.29, 1.82) is 0 Å². The first kappa shape index (κ1) is 16.3. The van der Waals surface area contributed by atoms with Crippen molar-refractivity contribution in [3.05, 3.63) is 52.3 Å². The molecule has 0 amide bonds. The molecule has 0 aliphatic rings. The molecule has 0 saturated heterocycles. The number of aromatic amines is 1. The number of nitrogens with one attached hydrogen (secondary N) is 2. The van der Waals surface area contributed by atoms with Gasteiger partial charge in [0.1, 0.15) is 5.75 Å². The summed E-state index contributed by atoms with van der Waals surface area (Å²) >= 11 is 0. The topological polar surface area (TPSA) is 63.4 Å². The molecule has 0 radical (unpaired) electrons. The summed E-state index contributed by atoms with van der Waals surface area (Å²) in [4.78, 5) is 15.0. The van der Waals surface area contributed by atoms with E-state index in [4.69, 9.17) is 9.47 Å². The maximum atomic E-state index is 12.1. The highest BCUT2D eigenvalue weighted by Crippen LogP contribution is 2.20. The van der Waals surface area contributed by atoms with Crippen LogP contribution >= 0.6 is 0 Å². The molecule has 5 heteroatoms. The van der Waals surface area contributed by atoms with Crippen molar-refractivity contribution in [1.82, 2.24) is 10.3 Å². The van der Waals surface area contributed by atoms with Crippen molar-refractivity contribution in [2.24, 2.45) is 0 Å². The first-order chi connectivity index (χ1) is 10.7. The monoisotopic (exact) mass is 302 g/mol. The fourth-order valence-corrected chi connectivity index (χ4v) is 2.11. The molecule has 0 unspecified atom stereocenters. The number of H-pyrrole nitrogens is 1. The molecule has 5 nitrogen and oxygen atoms in total. The number of ether oxygens (including phenoxy) is 2. The van der Waals surface area contributed by atoms with Crippen LogP contribution in [0.5, 0.6) is 5.75 Å². The summed E-state index contributed by atoms with van der Waals surface area (Å²) in [6.07, 6.45) is 0. The first-order valence-corrected chi connectivity index (χ1v) is 7.39. The van der Waals surface area contributed by atoms with E-state index in [2.05, 4.69) is 10.3 Å². The molecule has 2 aromatic rings. The number of pyridine rings is 1. The number of aromatic nitrogens is 1. The summed E-state index contributed by atoms with van der Waals surface area (Å²) in [6.45, 7) is 4.47. The third kappa shape index (κ3) is 4.44. The lowest BCUT2D eigenvalue weighted by atomic mass is 10.1. The van der Waals surface area contributed by atoms with Gasteiger partial charge in [-0.15, -0.1) is 0 Å². The molecule has 22 heavy (non-hydrogen) atoms. The second kappa shape index (κ2) is 8.36. The second-order valence-corrected chi connectivity index (χ2v) is 4.85. The van der Waals surface area contributed by atoms with Crippen LogP contribution < -0.4 is 15.6 Å². The lowest BCUT2D eigenvalue weighted by Crippen LogP contribution is -2.23. The fourth-order valence-electron chi connectivity index (χ4n) is 2.11. The SMILES string of the molecule is CCOc1ccc(-c2ccc(CNCCOC)c(=O)[nH]2)cc1. The van der Waals surface area contributed by atoms with Crippen LogP contribution in [0.3, 0.4) is 0 Å². The third-order valence-electron chi connectivity index (χ3n) is 3.27. The minimum Gasteiger partial charge on any atom is -0.494 e. The van der Waals surface area contributed by atoms with E-state index in [-0.39, 0.29) is 5.56 Å². The molecule has 1 aromatic heterocycles. The Kier molecular flexibility index (Phi) is 6.18. The number of methoxy groups -OCH3 is 1. The molecule has 2 N–H and O–H groups in total. The molecular weight excluding hydrogens is 280 g/mol. The molecule has 118 valence electrons. The van der Waals surface area contributed by atoms with Crippen LogP contribution in [-0.4, -0.2) is 31.9 Å². The Morgan fingerprint density at radius 3 is 2.55 bits per heavy atom. The maximum absolute atomic E-state index is 12.1. The summed E-state index contributed by atoms with van der Waals surface area (Å²) in [5, 5.41) is 3.16. The highest BCUT2D eigenvalue weighted by atomic mass is 16.5. The molecule has 0 aliphatic carbocycles. The van der Waals surface area contributed by atoms with Crippen molar-refractivity contribution in [2.45, 2.75) is 13.5 Å². The van der Waals surface area contributed by atoms with Gasteiger partial charge >= 0.3 is 0 Å². The van der Waals surface area contributed by atoms with Crippen molar-refractivity contribution < 1.29 is 9.47 Å². The average molecular weight is 302 g/mol. The Labute approximate surface area is 130 Å². The van der Waals surface area contributed by atoms with Crippen LogP contribution in [0.2, 0.25) is 0 Å². The minimum atomic E-state index is -0.0729. The van der Waals surface area contributed by atoms with Gasteiger partial charge in [0, 0.05) is 31.5 Å². The summed E-state index contributed by atoms with van der Waals surface area (Å²) in [5.41, 5.74) is 2.40. The number of hydrogen-bond acceptors (Lipinski definition) is 4. The van der Waals surface area contributed by atoms with E-state index in [0.717, 1.165) is 23.6 Å². The van der Waals surface area contributed by atoms with Crippen LogP contribution in [0.15, 0.2) is 41.2 Å². The zero-order chi connectivity index (χ0) is 15.8. The van der Waals surface area contributed by atoms with Gasteiger partial charge in [-0.2, -0.15) is 0 Å². The lowest BCUT2D eigenvalue weighted by molar-refractivity contribution is 0.199. The first-order valence-electron chi connectivity index (χ1n) is 7.39. The van der Waals surface area contributed by atoms with Gasteiger partial charge in [-0.3, -0.25) is 4.79 Å². The van der Waals surface area contributed by atoms with Crippen molar-refractivity contribution in [3.63, 3.8) is 0 Å². The van der Waals surface area contributed by atoms with Crippen LogP contribution in [0.4, 0.5) is 0 Å². The van der Waals surface area contributed by atoms with Crippen molar-refractivity contribution in [3.8, 4) is 17.0 Å². The zero-order valence-electron chi connectivity index (χ0n) is 13.0. The minimum absolute atomic E-state index is 0.0729. The van der Waals surface area contributed by atoms with Crippen LogP contribution in [0, 0.1) is 0 Å². The Bertz CT molecular complexity index is 635. The summed E-state index contributed by atoms with van der Waals surface area (Å²) in [6, 6.07) is 11.4. The van der Waals surface area contributed by atoms with Gasteiger partial charge in [0.05, 0.1) is 13.2 Å². The van der Waals surface area contributed by atoms with Gasteiger partial charge < -0.3 is 19.8 Å². The van der Waals surface area contributed by atoms with Crippen LogP contribution in [0.1, 0.15) is 12.5 Å². The molecule has 2 rings (SSSR count). The summed E-state index contributed by atoms with van der Waals surface area (Å²) < 4.78 is 10.4. The molecule has 0 bridgehead atoms. The largest absolute Gasteiger partial charge is 0.494 e. The third-order valence-corrected chi connectivity index (χ3v) is 3.27. The fraction of sp³-hybridized carbons (Fsp3) is 0.353. The highest BCUT2D eigenvalue weighted by molar-refractivity contribution is 5.60. The molecule has 0 atom stereocenters. The average Bonchev–Trinajstić information content (AvgIpc) is 2.54. The second-order valence-electron chi connectivity index (χ2n) is 4.85. The molecule has 1 heterocycles. The predicted octanol–water partition coefficient (Wildman–Crippen LogP) is 2.18. The Balaban J connectivity index is 2.06. The van der Waals surface area contributed by atoms with E-state index < -0.39 is 0 Å². The molecule has 0 saturated carbocycles. The van der Waals surface area contributed by atoms with Crippen LogP contribution in [-0.2, 0) is 11.3 Å². The smallest absolute Gasteiger partial charge is 0.252 e. The van der Waals surface area contributed by atoms with E-state index in [1.807, 2.05) is 43.3 Å². The number of hydrogen-bond donors (Lipinski definition) is 2. The molecule has 0 aliphatic heterocycles. The number of benzene rings is 1. The normalized spacial score (nSPS) is 10.6. The van der Waals surface area contributed by atoms with Gasteiger partial charge in [0.2, 0.25) is 0 Å². The summed E-state index contributed by atoms with van der Waals surface area (Å²) in [5.74, 6) is 0.826. The molecule has 0 spiro atoms. The molecule has 0 fully saturated rings. The van der Waals surface area contributed by atoms with Gasteiger partial charge in [0.25, 0.3) is 5.56 Å². The molecular formula is C17H22N2O3. The Hall–Kier alpha value is -2.11. The Morgan fingerprint density at radius 1 is 1.14 bits per heavy atom. The predicted molar refractivity (Wildman–Crippen MR) is 87.3 cm³/mol. The maximum Gasteiger partial charge on any atom is 0.252 e. The van der Waals surface area contributed by atoms with E-state index in [1.54, 1.807) is 7.11 Å². The van der Waals surface area contributed by atoms with Gasteiger partial charge in [0.15, 0.2) is 0 Å². The van der Waals surface area contributed by atoms with Gasteiger partial charge in [-0.1, -0.05) is 6.07 Å². The lowest BCUT2D eigenvalue weighted by Gasteiger charge is -2.07. The summed E-state index contributed by atoms with van der Waals surface area (Å²) in [7, 11) is 1.65. The van der Waals surface area contributed by atoms with Crippen molar-refractivity contribution in [2.75, 3.05) is 26.9 Å².